The van der Waals surface area contributed by atoms with Gasteiger partial charge in [-0.2, -0.15) is 5.26 Å². The molecule has 1 aliphatic carbocycles. The summed E-state index contributed by atoms with van der Waals surface area (Å²) in [5, 5.41) is 9.02. The number of rotatable bonds is 2. The number of hydrogen-bond donors (Lipinski definition) is 0. The Hall–Kier alpha value is -0.525. The molecule has 2 aliphatic rings. The molecular weight excluding hydrogens is 189 g/mol. The third kappa shape index (κ3) is 1.79. The van der Waals surface area contributed by atoms with E-state index in [0.29, 0.717) is 0 Å². The zero-order valence-corrected chi connectivity index (χ0v) is 9.96. The van der Waals surface area contributed by atoms with Gasteiger partial charge >= 0.3 is 7.12 Å². The van der Waals surface area contributed by atoms with Crippen molar-refractivity contribution in [3.63, 3.8) is 0 Å². The molecule has 15 heavy (non-hydrogen) atoms. The van der Waals surface area contributed by atoms with Crippen molar-refractivity contribution in [2.75, 3.05) is 0 Å². The summed E-state index contributed by atoms with van der Waals surface area (Å²) in [6, 6.07) is 2.37. The molecule has 1 heterocycles. The Morgan fingerprint density at radius 2 is 1.60 bits per heavy atom. The van der Waals surface area contributed by atoms with Crippen molar-refractivity contribution in [3.8, 4) is 6.07 Å². The third-order valence-corrected chi connectivity index (χ3v) is 3.95. The zero-order chi connectivity index (χ0) is 11.3. The van der Waals surface area contributed by atoms with E-state index >= 15 is 0 Å². The summed E-state index contributed by atoms with van der Waals surface area (Å²) in [6.45, 7) is 8.16. The maximum atomic E-state index is 9.02. The van der Waals surface area contributed by atoms with E-state index in [4.69, 9.17) is 14.6 Å². The highest BCUT2D eigenvalue weighted by atomic mass is 16.7. The summed E-state index contributed by atoms with van der Waals surface area (Å²) in [5.74, 6) is 0. The van der Waals surface area contributed by atoms with Gasteiger partial charge in [-0.1, -0.05) is 0 Å². The second-order valence-electron chi connectivity index (χ2n) is 5.78. The summed E-state index contributed by atoms with van der Waals surface area (Å²) in [4.78, 5) is 0. The second-order valence-corrected chi connectivity index (χ2v) is 5.78. The molecule has 0 atom stereocenters. The largest absolute Gasteiger partial charge is 0.459 e. The van der Waals surface area contributed by atoms with Gasteiger partial charge in [0.15, 0.2) is 0 Å². The van der Waals surface area contributed by atoms with Crippen molar-refractivity contribution in [3.05, 3.63) is 0 Å². The predicted molar refractivity (Wildman–Crippen MR) is 58.2 cm³/mol. The maximum absolute atomic E-state index is 9.02. The molecule has 0 aromatic carbocycles. The molecule has 1 aliphatic heterocycles. The molecule has 1 saturated heterocycles. The highest BCUT2D eigenvalue weighted by Gasteiger charge is 2.56. The Morgan fingerprint density at radius 3 is 1.93 bits per heavy atom. The Bertz CT molecular complexity index is 299. The van der Waals surface area contributed by atoms with E-state index in [9.17, 15) is 0 Å². The minimum atomic E-state index is -0.275. The molecule has 2 rings (SSSR count). The zero-order valence-electron chi connectivity index (χ0n) is 9.96. The van der Waals surface area contributed by atoms with Gasteiger partial charge in [0.25, 0.3) is 0 Å². The van der Waals surface area contributed by atoms with E-state index in [1.165, 1.54) is 0 Å². The van der Waals surface area contributed by atoms with E-state index in [2.05, 4.69) is 6.07 Å². The Morgan fingerprint density at radius 1 is 1.13 bits per heavy atom. The molecule has 0 bridgehead atoms. The van der Waals surface area contributed by atoms with Crippen LogP contribution in [0.5, 0.6) is 0 Å². The van der Waals surface area contributed by atoms with Crippen molar-refractivity contribution in [1.29, 1.82) is 5.26 Å². The van der Waals surface area contributed by atoms with Gasteiger partial charge < -0.3 is 9.31 Å². The van der Waals surface area contributed by atoms with Crippen LogP contribution in [0, 0.1) is 16.7 Å². The smallest absolute Gasteiger partial charge is 0.403 e. The van der Waals surface area contributed by atoms with Crippen molar-refractivity contribution >= 4 is 7.12 Å². The first kappa shape index (κ1) is 11.0. The molecule has 0 N–H and O–H groups in total. The van der Waals surface area contributed by atoms with Crippen LogP contribution in [0.15, 0.2) is 0 Å². The first-order valence-electron chi connectivity index (χ1n) is 5.57. The van der Waals surface area contributed by atoms with Crippen LogP contribution in [-0.2, 0) is 9.31 Å². The van der Waals surface area contributed by atoms with E-state index in [1.54, 1.807) is 0 Å². The van der Waals surface area contributed by atoms with Gasteiger partial charge in [0.2, 0.25) is 0 Å². The summed E-state index contributed by atoms with van der Waals surface area (Å²) in [6.07, 6.45) is 2.71. The standard InChI is InChI=1S/C11H18BNO2/c1-9(2)10(3,4)15-12(14-9)7-11(8-13)5-6-11/h5-7H2,1-4H3. The molecule has 0 aromatic rings. The van der Waals surface area contributed by atoms with Gasteiger partial charge in [0.1, 0.15) is 0 Å². The van der Waals surface area contributed by atoms with Crippen LogP contribution in [0.3, 0.4) is 0 Å². The summed E-state index contributed by atoms with van der Waals surface area (Å²) in [5.41, 5.74) is -0.701. The summed E-state index contributed by atoms with van der Waals surface area (Å²) >= 11 is 0. The molecule has 0 spiro atoms. The van der Waals surface area contributed by atoms with Crippen LogP contribution in [0.1, 0.15) is 40.5 Å². The molecular formula is C11H18BNO2. The molecule has 2 fully saturated rings. The quantitative estimate of drug-likeness (QED) is 0.652. The van der Waals surface area contributed by atoms with Crippen molar-refractivity contribution in [1.82, 2.24) is 0 Å². The van der Waals surface area contributed by atoms with Crippen LogP contribution < -0.4 is 0 Å². The molecule has 0 amide bonds. The summed E-state index contributed by atoms with van der Waals surface area (Å²) < 4.78 is 11.7. The Balaban J connectivity index is 2.02. The lowest BCUT2D eigenvalue weighted by atomic mass is 9.76. The average Bonchev–Trinajstić information content (AvgIpc) is 2.78. The monoisotopic (exact) mass is 207 g/mol. The second kappa shape index (κ2) is 2.99. The van der Waals surface area contributed by atoms with E-state index in [-0.39, 0.29) is 23.7 Å². The molecule has 1 saturated carbocycles. The van der Waals surface area contributed by atoms with Crippen LogP contribution >= 0.6 is 0 Å². The highest BCUT2D eigenvalue weighted by Crippen LogP contribution is 2.51. The lowest BCUT2D eigenvalue weighted by Gasteiger charge is -2.32. The van der Waals surface area contributed by atoms with Crippen LogP contribution in [0.25, 0.3) is 0 Å². The SMILES string of the molecule is CC1(C)OB(CC2(C#N)CC2)OC1(C)C. The third-order valence-electron chi connectivity index (χ3n) is 3.95. The molecule has 4 heteroatoms. The Labute approximate surface area is 91.9 Å². The van der Waals surface area contributed by atoms with Crippen molar-refractivity contribution in [2.45, 2.75) is 58.1 Å². The lowest BCUT2D eigenvalue weighted by Crippen LogP contribution is -2.41. The fourth-order valence-electron chi connectivity index (χ4n) is 1.88. The fraction of sp³-hybridized carbons (Fsp3) is 0.909. The molecule has 0 unspecified atom stereocenters. The summed E-state index contributed by atoms with van der Waals surface area (Å²) in [7, 11) is -0.211. The van der Waals surface area contributed by atoms with Gasteiger partial charge in [-0.25, -0.2) is 0 Å². The van der Waals surface area contributed by atoms with Gasteiger partial charge in [-0.15, -0.1) is 0 Å². The van der Waals surface area contributed by atoms with Gasteiger partial charge in [-0.05, 0) is 40.5 Å². The normalized spacial score (nSPS) is 29.9. The first-order valence-corrected chi connectivity index (χ1v) is 5.57. The number of hydrogen-bond acceptors (Lipinski definition) is 3. The van der Waals surface area contributed by atoms with Gasteiger partial charge in [0.05, 0.1) is 22.7 Å². The fourth-order valence-corrected chi connectivity index (χ4v) is 1.88. The maximum Gasteiger partial charge on any atom is 0.459 e. The van der Waals surface area contributed by atoms with Crippen molar-refractivity contribution < 1.29 is 9.31 Å². The number of nitriles is 1. The van der Waals surface area contributed by atoms with Crippen molar-refractivity contribution in [2.24, 2.45) is 5.41 Å². The van der Waals surface area contributed by atoms with Gasteiger partial charge in [0, 0.05) is 6.32 Å². The average molecular weight is 207 g/mol. The van der Waals surface area contributed by atoms with E-state index in [1.807, 2.05) is 27.7 Å². The number of nitrogens with zero attached hydrogens (tertiary/aromatic N) is 1. The van der Waals surface area contributed by atoms with Gasteiger partial charge in [-0.3, -0.25) is 0 Å². The molecule has 82 valence electrons. The minimum Gasteiger partial charge on any atom is -0.403 e. The lowest BCUT2D eigenvalue weighted by molar-refractivity contribution is 0.00578. The van der Waals surface area contributed by atoms with Crippen LogP contribution in [0.4, 0.5) is 0 Å². The van der Waals surface area contributed by atoms with E-state index in [0.717, 1.165) is 19.2 Å². The predicted octanol–water partition coefficient (Wildman–Crippen LogP) is 2.38. The highest BCUT2D eigenvalue weighted by molar-refractivity contribution is 6.45. The topological polar surface area (TPSA) is 42.2 Å². The first-order chi connectivity index (χ1) is 6.80. The molecule has 0 aromatic heterocycles. The van der Waals surface area contributed by atoms with Crippen LogP contribution in [-0.4, -0.2) is 18.3 Å². The molecule has 0 radical (unpaired) electrons. The van der Waals surface area contributed by atoms with E-state index < -0.39 is 0 Å². The molecule has 3 nitrogen and oxygen atoms in total. The minimum absolute atomic E-state index is 0.152. The Kier molecular flexibility index (Phi) is 2.19. The van der Waals surface area contributed by atoms with Crippen LogP contribution in [0.2, 0.25) is 6.32 Å².